The quantitative estimate of drug-likeness (QED) is 0.689. The van der Waals surface area contributed by atoms with Gasteiger partial charge in [-0.1, -0.05) is 44.8 Å². The van der Waals surface area contributed by atoms with Crippen LogP contribution in [0.4, 0.5) is 4.39 Å². The predicted molar refractivity (Wildman–Crippen MR) is 86.0 cm³/mol. The van der Waals surface area contributed by atoms with Gasteiger partial charge < -0.3 is 9.63 Å². The molecule has 3 rings (SSSR count). The van der Waals surface area contributed by atoms with E-state index in [1.165, 1.54) is 18.2 Å². The van der Waals surface area contributed by atoms with E-state index in [1.54, 1.807) is 0 Å². The van der Waals surface area contributed by atoms with E-state index in [9.17, 15) is 9.50 Å². The summed E-state index contributed by atoms with van der Waals surface area (Å²) in [6, 6.07) is 11.4. The SMILES string of the molecule is OCc1c(-c2ccc(Br)cc2)noc1-c1ccc(F)cc1Cl. The molecule has 3 nitrogen and oxygen atoms in total. The fourth-order valence-corrected chi connectivity index (χ4v) is 2.69. The van der Waals surface area contributed by atoms with Crippen molar-refractivity contribution in [2.75, 3.05) is 0 Å². The molecule has 0 unspecified atom stereocenters. The maximum Gasteiger partial charge on any atom is 0.174 e. The average Bonchev–Trinajstić information content (AvgIpc) is 2.91. The number of benzene rings is 2. The van der Waals surface area contributed by atoms with Crippen LogP contribution in [0.3, 0.4) is 0 Å². The molecule has 0 aliphatic carbocycles. The van der Waals surface area contributed by atoms with Crippen molar-refractivity contribution in [1.29, 1.82) is 0 Å². The number of aromatic nitrogens is 1. The molecule has 2 aromatic carbocycles. The van der Waals surface area contributed by atoms with Crippen LogP contribution in [0.2, 0.25) is 5.02 Å². The number of nitrogens with zero attached hydrogens (tertiary/aromatic N) is 1. The summed E-state index contributed by atoms with van der Waals surface area (Å²) < 4.78 is 19.5. The minimum absolute atomic E-state index is 0.202. The molecule has 0 bridgehead atoms. The molecule has 0 atom stereocenters. The number of aliphatic hydroxyl groups excluding tert-OH is 1. The molecule has 22 heavy (non-hydrogen) atoms. The van der Waals surface area contributed by atoms with Gasteiger partial charge in [0.15, 0.2) is 5.76 Å². The zero-order valence-corrected chi connectivity index (χ0v) is 13.5. The van der Waals surface area contributed by atoms with Crippen LogP contribution in [0.1, 0.15) is 5.56 Å². The molecule has 0 aliphatic heterocycles. The van der Waals surface area contributed by atoms with Crippen LogP contribution in [0.5, 0.6) is 0 Å². The van der Waals surface area contributed by atoms with Gasteiger partial charge in [0.2, 0.25) is 0 Å². The maximum absolute atomic E-state index is 13.2. The van der Waals surface area contributed by atoms with Gasteiger partial charge in [-0.25, -0.2) is 4.39 Å². The summed E-state index contributed by atoms with van der Waals surface area (Å²) >= 11 is 9.42. The molecule has 112 valence electrons. The summed E-state index contributed by atoms with van der Waals surface area (Å²) in [6.07, 6.45) is 0. The molecule has 0 saturated heterocycles. The molecular formula is C16H10BrClFNO2. The Morgan fingerprint density at radius 2 is 1.91 bits per heavy atom. The second-order valence-corrected chi connectivity index (χ2v) is 5.95. The summed E-state index contributed by atoms with van der Waals surface area (Å²) in [4.78, 5) is 0. The van der Waals surface area contributed by atoms with Crippen LogP contribution in [0.15, 0.2) is 51.5 Å². The topological polar surface area (TPSA) is 46.3 Å². The van der Waals surface area contributed by atoms with E-state index < -0.39 is 5.82 Å². The van der Waals surface area contributed by atoms with Crippen molar-refractivity contribution in [2.24, 2.45) is 0 Å². The van der Waals surface area contributed by atoms with E-state index in [-0.39, 0.29) is 11.6 Å². The number of hydrogen-bond acceptors (Lipinski definition) is 3. The zero-order chi connectivity index (χ0) is 15.7. The molecule has 0 aliphatic rings. The molecule has 0 saturated carbocycles. The highest BCUT2D eigenvalue weighted by Crippen LogP contribution is 2.36. The van der Waals surface area contributed by atoms with Gasteiger partial charge in [0.05, 0.1) is 17.2 Å². The van der Waals surface area contributed by atoms with Gasteiger partial charge in [0.1, 0.15) is 11.5 Å². The maximum atomic E-state index is 13.2. The summed E-state index contributed by atoms with van der Waals surface area (Å²) in [5.74, 6) is -0.0997. The fourth-order valence-electron chi connectivity index (χ4n) is 2.18. The van der Waals surface area contributed by atoms with E-state index >= 15 is 0 Å². The largest absolute Gasteiger partial charge is 0.391 e. The summed E-state index contributed by atoms with van der Waals surface area (Å²) in [5.41, 5.74) is 2.34. The first-order chi connectivity index (χ1) is 10.6. The molecule has 1 heterocycles. The highest BCUT2D eigenvalue weighted by atomic mass is 79.9. The number of halogens is 3. The molecule has 0 fully saturated rings. The van der Waals surface area contributed by atoms with E-state index in [0.717, 1.165) is 10.0 Å². The van der Waals surface area contributed by atoms with Gasteiger partial charge in [-0.2, -0.15) is 0 Å². The summed E-state index contributed by atoms with van der Waals surface area (Å²) in [6.45, 7) is -0.266. The van der Waals surface area contributed by atoms with Gasteiger partial charge in [-0.15, -0.1) is 0 Å². The molecule has 1 N–H and O–H groups in total. The lowest BCUT2D eigenvalue weighted by molar-refractivity contribution is 0.281. The van der Waals surface area contributed by atoms with Crippen molar-refractivity contribution >= 4 is 27.5 Å². The molecule has 6 heteroatoms. The molecule has 0 amide bonds. The minimum Gasteiger partial charge on any atom is -0.391 e. The Bertz CT molecular complexity index is 818. The second kappa shape index (κ2) is 6.20. The van der Waals surface area contributed by atoms with Crippen LogP contribution in [0.25, 0.3) is 22.6 Å². The lowest BCUT2D eigenvalue weighted by Crippen LogP contribution is -1.90. The van der Waals surface area contributed by atoms with Crippen LogP contribution >= 0.6 is 27.5 Å². The first-order valence-corrected chi connectivity index (χ1v) is 7.58. The van der Waals surface area contributed by atoms with E-state index in [0.29, 0.717) is 22.6 Å². The van der Waals surface area contributed by atoms with Crippen molar-refractivity contribution in [3.63, 3.8) is 0 Å². The van der Waals surface area contributed by atoms with Crippen LogP contribution < -0.4 is 0 Å². The van der Waals surface area contributed by atoms with Gasteiger partial charge in [0.25, 0.3) is 0 Å². The molecule has 3 aromatic rings. The number of rotatable bonds is 3. The van der Waals surface area contributed by atoms with Crippen LogP contribution in [0, 0.1) is 5.82 Å². The normalized spacial score (nSPS) is 10.9. The number of aliphatic hydroxyl groups is 1. The predicted octanol–water partition coefficient (Wildman–Crippen LogP) is 5.06. The smallest absolute Gasteiger partial charge is 0.174 e. The van der Waals surface area contributed by atoms with Crippen molar-refractivity contribution in [3.8, 4) is 22.6 Å². The molecule has 0 radical (unpaired) electrons. The van der Waals surface area contributed by atoms with Crippen molar-refractivity contribution in [3.05, 3.63) is 63.3 Å². The first kappa shape index (κ1) is 15.2. The van der Waals surface area contributed by atoms with Crippen LogP contribution in [-0.2, 0) is 6.61 Å². The molecular weight excluding hydrogens is 373 g/mol. The molecule has 0 spiro atoms. The van der Waals surface area contributed by atoms with Gasteiger partial charge in [-0.05, 0) is 30.3 Å². The Balaban J connectivity index is 2.13. The second-order valence-electron chi connectivity index (χ2n) is 4.63. The minimum atomic E-state index is -0.438. The Labute approximate surface area is 139 Å². The summed E-state index contributed by atoms with van der Waals surface area (Å²) in [5, 5.41) is 13.9. The van der Waals surface area contributed by atoms with E-state index in [1.807, 2.05) is 24.3 Å². The van der Waals surface area contributed by atoms with Crippen LogP contribution in [-0.4, -0.2) is 10.3 Å². The zero-order valence-electron chi connectivity index (χ0n) is 11.2. The average molecular weight is 383 g/mol. The highest BCUT2D eigenvalue weighted by molar-refractivity contribution is 9.10. The van der Waals surface area contributed by atoms with Crippen molar-refractivity contribution < 1.29 is 14.0 Å². The first-order valence-electron chi connectivity index (χ1n) is 6.41. The standard InChI is InChI=1S/C16H10BrClFNO2/c17-10-3-1-9(2-4-10)15-13(8-21)16(22-20-15)12-6-5-11(19)7-14(12)18/h1-7,21H,8H2. The Kier molecular flexibility index (Phi) is 4.29. The third kappa shape index (κ3) is 2.79. The third-order valence-corrected chi connectivity index (χ3v) is 4.08. The Morgan fingerprint density at radius 3 is 2.55 bits per heavy atom. The van der Waals surface area contributed by atoms with Crippen molar-refractivity contribution in [2.45, 2.75) is 6.61 Å². The van der Waals surface area contributed by atoms with Gasteiger partial charge in [0, 0.05) is 15.6 Å². The summed E-state index contributed by atoms with van der Waals surface area (Å²) in [7, 11) is 0. The van der Waals surface area contributed by atoms with E-state index in [4.69, 9.17) is 16.1 Å². The van der Waals surface area contributed by atoms with Gasteiger partial charge in [-0.3, -0.25) is 0 Å². The van der Waals surface area contributed by atoms with Crippen molar-refractivity contribution in [1.82, 2.24) is 5.16 Å². The lowest BCUT2D eigenvalue weighted by Gasteiger charge is -2.03. The monoisotopic (exact) mass is 381 g/mol. The Morgan fingerprint density at radius 1 is 1.18 bits per heavy atom. The van der Waals surface area contributed by atoms with E-state index in [2.05, 4.69) is 21.1 Å². The van der Waals surface area contributed by atoms with Gasteiger partial charge >= 0.3 is 0 Å². The highest BCUT2D eigenvalue weighted by Gasteiger charge is 2.20. The Hall–Kier alpha value is -1.69. The third-order valence-electron chi connectivity index (χ3n) is 3.24. The lowest BCUT2D eigenvalue weighted by atomic mass is 10.0. The number of hydrogen-bond donors (Lipinski definition) is 1. The fraction of sp³-hybridized carbons (Fsp3) is 0.0625. The molecule has 1 aromatic heterocycles.